The van der Waals surface area contributed by atoms with Crippen molar-refractivity contribution in [3.8, 4) is 0 Å². The molecular formula is C25H43B. The van der Waals surface area contributed by atoms with Crippen LogP contribution in [-0.4, -0.2) is 7.85 Å². The Labute approximate surface area is 164 Å². The van der Waals surface area contributed by atoms with Gasteiger partial charge in [0.2, 0.25) is 0 Å². The average molecular weight is 354 g/mol. The van der Waals surface area contributed by atoms with Gasteiger partial charge in [0, 0.05) is 0 Å². The zero-order valence-corrected chi connectivity index (χ0v) is 17.9. The highest BCUT2D eigenvalue weighted by molar-refractivity contribution is 6.11. The summed E-state index contributed by atoms with van der Waals surface area (Å²) >= 11 is 0. The van der Waals surface area contributed by atoms with Crippen LogP contribution in [0, 0.1) is 52.8 Å². The maximum atomic E-state index is 2.69. The maximum Gasteiger partial charge on any atom is 0.105 e. The Morgan fingerprint density at radius 1 is 0.577 bits per heavy atom. The first kappa shape index (κ1) is 18.1. The standard InChI is InChI=1S/C25H43B/c1-25(2)23-14-19(18-8-7-16-5-3-4-6-17(16)13-18)9-11-21(23)22-12-10-20(26)15-24(22)25/h16-24H,3-15,26H2,1-2H3. The smallest absolute Gasteiger partial charge is 0.0694 e. The van der Waals surface area contributed by atoms with E-state index in [9.17, 15) is 0 Å². The maximum absolute atomic E-state index is 2.69. The first-order valence-corrected chi connectivity index (χ1v) is 12.5. The Balaban J connectivity index is 1.29. The third kappa shape index (κ3) is 2.93. The fourth-order valence-electron chi connectivity index (χ4n) is 9.41. The quantitative estimate of drug-likeness (QED) is 0.471. The molecule has 5 aliphatic carbocycles. The van der Waals surface area contributed by atoms with Crippen LogP contribution in [0.4, 0.5) is 0 Å². The van der Waals surface area contributed by atoms with Crippen molar-refractivity contribution in [2.24, 2.45) is 52.8 Å². The lowest BCUT2D eigenvalue weighted by atomic mass is 9.59. The lowest BCUT2D eigenvalue weighted by molar-refractivity contribution is 0.0386. The molecule has 0 amide bonds. The van der Waals surface area contributed by atoms with E-state index in [1.165, 1.54) is 19.3 Å². The molecule has 5 aliphatic rings. The van der Waals surface area contributed by atoms with Crippen LogP contribution in [0.3, 0.4) is 0 Å². The first-order valence-electron chi connectivity index (χ1n) is 12.5. The minimum Gasteiger partial charge on any atom is -0.0694 e. The largest absolute Gasteiger partial charge is 0.105 e. The lowest BCUT2D eigenvalue weighted by Gasteiger charge is -2.46. The molecule has 0 aliphatic heterocycles. The predicted octanol–water partition coefficient (Wildman–Crippen LogP) is 6.50. The molecule has 5 rings (SSSR count). The van der Waals surface area contributed by atoms with Crippen molar-refractivity contribution in [2.45, 2.75) is 103 Å². The van der Waals surface area contributed by atoms with E-state index in [0.29, 0.717) is 5.41 Å². The third-order valence-electron chi connectivity index (χ3n) is 10.8. The van der Waals surface area contributed by atoms with Gasteiger partial charge in [-0.1, -0.05) is 64.6 Å². The predicted molar refractivity (Wildman–Crippen MR) is 114 cm³/mol. The molecule has 5 fully saturated rings. The Morgan fingerprint density at radius 3 is 1.92 bits per heavy atom. The van der Waals surface area contributed by atoms with Crippen molar-refractivity contribution < 1.29 is 0 Å². The number of hydrogen-bond acceptors (Lipinski definition) is 0. The molecular weight excluding hydrogens is 311 g/mol. The molecule has 0 nitrogen and oxygen atoms in total. The van der Waals surface area contributed by atoms with Gasteiger partial charge in [-0.25, -0.2) is 0 Å². The minimum atomic E-state index is 0.630. The average Bonchev–Trinajstić information content (AvgIpc) is 2.88. The van der Waals surface area contributed by atoms with Crippen molar-refractivity contribution >= 4 is 7.85 Å². The zero-order chi connectivity index (χ0) is 17.9. The molecule has 0 N–H and O–H groups in total. The van der Waals surface area contributed by atoms with Crippen molar-refractivity contribution in [2.75, 3.05) is 0 Å². The Morgan fingerprint density at radius 2 is 1.12 bits per heavy atom. The van der Waals surface area contributed by atoms with Gasteiger partial charge in [0.15, 0.2) is 0 Å². The second kappa shape index (κ2) is 6.84. The molecule has 0 aromatic carbocycles. The molecule has 0 aromatic rings. The molecule has 0 heterocycles. The molecule has 146 valence electrons. The van der Waals surface area contributed by atoms with Crippen LogP contribution < -0.4 is 0 Å². The summed E-state index contributed by atoms with van der Waals surface area (Å²) in [5.41, 5.74) is 0.630. The lowest BCUT2D eigenvalue weighted by Crippen LogP contribution is -2.37. The van der Waals surface area contributed by atoms with Gasteiger partial charge in [-0.3, -0.25) is 0 Å². The Bertz CT molecular complexity index is 510. The summed E-state index contributed by atoms with van der Waals surface area (Å²) in [7, 11) is 2.53. The Hall–Kier alpha value is 0.0649. The fourth-order valence-corrected chi connectivity index (χ4v) is 9.41. The van der Waals surface area contributed by atoms with E-state index in [4.69, 9.17) is 0 Å². The SMILES string of the molecule is BC1CCC2C3CCC(C4CCC5CCCCC5C4)CC3C(C)(C)C2C1. The zero-order valence-electron chi connectivity index (χ0n) is 17.9. The number of fused-ring (bicyclic) bond motifs is 4. The summed E-state index contributed by atoms with van der Waals surface area (Å²) in [5.74, 6) is 9.76. The second-order valence-corrected chi connectivity index (χ2v) is 12.2. The second-order valence-electron chi connectivity index (χ2n) is 12.2. The molecule has 1 heteroatoms. The van der Waals surface area contributed by atoms with E-state index >= 15 is 0 Å². The molecule has 0 aromatic heterocycles. The normalized spacial score (nSPS) is 53.4. The van der Waals surface area contributed by atoms with Gasteiger partial charge >= 0.3 is 0 Å². The van der Waals surface area contributed by atoms with Gasteiger partial charge in [-0.2, -0.15) is 0 Å². The number of rotatable bonds is 1. The molecule has 0 spiro atoms. The highest BCUT2D eigenvalue weighted by Gasteiger charge is 2.57. The van der Waals surface area contributed by atoms with E-state index in [-0.39, 0.29) is 0 Å². The van der Waals surface area contributed by atoms with Gasteiger partial charge in [-0.05, 0) is 91.3 Å². The minimum absolute atomic E-state index is 0.630. The topological polar surface area (TPSA) is 0 Å². The van der Waals surface area contributed by atoms with E-state index in [1.54, 1.807) is 64.2 Å². The summed E-state index contributed by atoms with van der Waals surface area (Å²) in [6.07, 6.45) is 20.5. The van der Waals surface area contributed by atoms with Gasteiger partial charge in [0.25, 0.3) is 0 Å². The monoisotopic (exact) mass is 354 g/mol. The Kier molecular flexibility index (Phi) is 4.77. The van der Waals surface area contributed by atoms with Gasteiger partial charge in [-0.15, -0.1) is 0 Å². The van der Waals surface area contributed by atoms with E-state index < -0.39 is 0 Å². The van der Waals surface area contributed by atoms with Crippen LogP contribution in [0.25, 0.3) is 0 Å². The van der Waals surface area contributed by atoms with Crippen LogP contribution in [0.15, 0.2) is 0 Å². The third-order valence-corrected chi connectivity index (χ3v) is 10.8. The molecule has 26 heavy (non-hydrogen) atoms. The molecule has 0 radical (unpaired) electrons. The molecule has 0 bridgehead atoms. The molecule has 9 unspecified atom stereocenters. The van der Waals surface area contributed by atoms with Gasteiger partial charge < -0.3 is 0 Å². The van der Waals surface area contributed by atoms with Crippen LogP contribution in [0.1, 0.15) is 97.3 Å². The summed E-state index contributed by atoms with van der Waals surface area (Å²) in [6.45, 7) is 5.38. The van der Waals surface area contributed by atoms with E-state index in [1.807, 2.05) is 0 Å². The van der Waals surface area contributed by atoms with Gasteiger partial charge in [0.05, 0.1) is 0 Å². The first-order chi connectivity index (χ1) is 12.5. The van der Waals surface area contributed by atoms with Crippen LogP contribution in [-0.2, 0) is 0 Å². The van der Waals surface area contributed by atoms with E-state index in [2.05, 4.69) is 21.7 Å². The highest BCUT2D eigenvalue weighted by atomic mass is 14.6. The van der Waals surface area contributed by atoms with Crippen LogP contribution >= 0.6 is 0 Å². The van der Waals surface area contributed by atoms with Crippen molar-refractivity contribution in [1.29, 1.82) is 0 Å². The van der Waals surface area contributed by atoms with Gasteiger partial charge in [0.1, 0.15) is 7.85 Å². The van der Waals surface area contributed by atoms with Crippen molar-refractivity contribution in [3.05, 3.63) is 0 Å². The highest BCUT2D eigenvalue weighted by Crippen LogP contribution is 2.65. The van der Waals surface area contributed by atoms with E-state index in [0.717, 1.165) is 53.2 Å². The molecule has 0 saturated heterocycles. The summed E-state index contributed by atoms with van der Waals surface area (Å²) in [5, 5.41) is 0. The van der Waals surface area contributed by atoms with Crippen molar-refractivity contribution in [1.82, 2.24) is 0 Å². The van der Waals surface area contributed by atoms with Crippen LogP contribution in [0.2, 0.25) is 5.82 Å². The van der Waals surface area contributed by atoms with Crippen LogP contribution in [0.5, 0.6) is 0 Å². The fraction of sp³-hybridized carbons (Fsp3) is 1.00. The van der Waals surface area contributed by atoms with Crippen molar-refractivity contribution in [3.63, 3.8) is 0 Å². The molecule has 5 saturated carbocycles. The summed E-state index contributed by atoms with van der Waals surface area (Å²) < 4.78 is 0. The summed E-state index contributed by atoms with van der Waals surface area (Å²) in [4.78, 5) is 0. The molecule has 9 atom stereocenters. The number of hydrogen-bond donors (Lipinski definition) is 0. The summed E-state index contributed by atoms with van der Waals surface area (Å²) in [6, 6.07) is 0.